The normalized spacial score (nSPS) is 11.8. The second-order valence-corrected chi connectivity index (χ2v) is 18.1. The van der Waals surface area contributed by atoms with Crippen molar-refractivity contribution >= 4 is 23.8 Å². The lowest BCUT2D eigenvalue weighted by Gasteiger charge is -2.23. The maximum absolute atomic E-state index is 12.8. The quantitative estimate of drug-likeness (QED) is 0.0286. The number of nitrogens with zero attached hydrogens (tertiary/aromatic N) is 1. The molecule has 0 bridgehead atoms. The summed E-state index contributed by atoms with van der Waals surface area (Å²) in [5.41, 5.74) is 0.117. The van der Waals surface area contributed by atoms with Gasteiger partial charge in [0.25, 0.3) is 17.3 Å². The van der Waals surface area contributed by atoms with Crippen molar-refractivity contribution in [3.05, 3.63) is 20.4 Å². The molecule has 1 unspecified atom stereocenters. The van der Waals surface area contributed by atoms with Crippen molar-refractivity contribution in [2.75, 3.05) is 43.4 Å². The Balaban J connectivity index is 0.00000245. The van der Waals surface area contributed by atoms with E-state index in [2.05, 4.69) is 50.2 Å². The fourth-order valence-electron chi connectivity index (χ4n) is 8.30. The maximum Gasteiger partial charge on any atom is 0.306 e. The molecule has 0 radical (unpaired) electrons. The number of rotatable bonds is 46. The fourth-order valence-corrected chi connectivity index (χ4v) is 8.30. The third kappa shape index (κ3) is 34.0. The molecular formula is C53H101N3O6. The van der Waals surface area contributed by atoms with Crippen LogP contribution in [-0.2, 0) is 19.1 Å². The molecular weight excluding hydrogens is 775 g/mol. The van der Waals surface area contributed by atoms with Gasteiger partial charge in [-0.1, -0.05) is 176 Å². The zero-order valence-corrected chi connectivity index (χ0v) is 41.7. The molecule has 1 aromatic rings. The highest BCUT2D eigenvalue weighted by atomic mass is 16.5. The van der Waals surface area contributed by atoms with Crippen molar-refractivity contribution in [1.82, 2.24) is 4.90 Å². The second-order valence-electron chi connectivity index (χ2n) is 18.1. The lowest BCUT2D eigenvalue weighted by Crippen LogP contribution is -2.38. The number of carbonyl (C=O) groups is 2. The van der Waals surface area contributed by atoms with Crippen LogP contribution in [0.4, 0.5) is 11.4 Å². The van der Waals surface area contributed by atoms with Crippen LogP contribution in [0.2, 0.25) is 0 Å². The molecule has 9 nitrogen and oxygen atoms in total. The van der Waals surface area contributed by atoms with E-state index in [1.807, 2.05) is 6.92 Å². The SMILES string of the molecule is CCCCCCC(CCC)OC=O.CCCCCCCCC(CCCCCCCC)OC(=O)CCCCCCCN(CCCCCCCC)CCCNc1c(NCC)c(=O)c1=O. The van der Waals surface area contributed by atoms with E-state index in [0.717, 1.165) is 77.4 Å². The van der Waals surface area contributed by atoms with E-state index in [9.17, 15) is 19.2 Å². The van der Waals surface area contributed by atoms with Crippen LogP contribution in [0.25, 0.3) is 0 Å². The highest BCUT2D eigenvalue weighted by Gasteiger charge is 2.20. The molecule has 0 amide bonds. The minimum Gasteiger partial charge on any atom is -0.465 e. The summed E-state index contributed by atoms with van der Waals surface area (Å²) in [7, 11) is 0. The summed E-state index contributed by atoms with van der Waals surface area (Å²) in [4.78, 5) is 49.3. The maximum atomic E-state index is 12.8. The summed E-state index contributed by atoms with van der Waals surface area (Å²) in [5.74, 6) is 0.0158. The minimum atomic E-state index is -0.401. The lowest BCUT2D eigenvalue weighted by atomic mass is 10.0. The van der Waals surface area contributed by atoms with Gasteiger partial charge < -0.3 is 25.0 Å². The van der Waals surface area contributed by atoms with E-state index in [1.165, 1.54) is 154 Å². The Morgan fingerprint density at radius 2 is 0.887 bits per heavy atom. The van der Waals surface area contributed by atoms with Crippen LogP contribution in [0.5, 0.6) is 0 Å². The number of carbonyl (C=O) groups excluding carboxylic acids is 2. The fraction of sp³-hybridized carbons (Fsp3) is 0.887. The minimum absolute atomic E-state index is 0.0158. The van der Waals surface area contributed by atoms with Gasteiger partial charge in [-0.15, -0.1) is 0 Å². The average molecular weight is 876 g/mol. The molecule has 364 valence electrons. The van der Waals surface area contributed by atoms with Crippen LogP contribution < -0.4 is 21.5 Å². The van der Waals surface area contributed by atoms with Crippen molar-refractivity contribution in [2.24, 2.45) is 0 Å². The van der Waals surface area contributed by atoms with Crippen LogP contribution in [-0.4, -0.2) is 62.3 Å². The van der Waals surface area contributed by atoms with Gasteiger partial charge in [0.1, 0.15) is 23.6 Å². The second kappa shape index (κ2) is 45.2. The van der Waals surface area contributed by atoms with Gasteiger partial charge in [-0.25, -0.2) is 0 Å². The van der Waals surface area contributed by atoms with E-state index in [4.69, 9.17) is 9.47 Å². The zero-order chi connectivity index (χ0) is 45.7. The van der Waals surface area contributed by atoms with E-state index in [1.54, 1.807) is 0 Å². The molecule has 0 aliphatic heterocycles. The van der Waals surface area contributed by atoms with Gasteiger partial charge in [0.2, 0.25) is 0 Å². The van der Waals surface area contributed by atoms with Crippen molar-refractivity contribution in [1.29, 1.82) is 0 Å². The first-order valence-electron chi connectivity index (χ1n) is 26.6. The Bertz CT molecular complexity index is 1180. The van der Waals surface area contributed by atoms with Crippen molar-refractivity contribution in [3.63, 3.8) is 0 Å². The topological polar surface area (TPSA) is 114 Å². The van der Waals surface area contributed by atoms with E-state index < -0.39 is 10.9 Å². The molecule has 0 saturated carbocycles. The van der Waals surface area contributed by atoms with E-state index >= 15 is 0 Å². The number of hydrogen-bond acceptors (Lipinski definition) is 9. The monoisotopic (exact) mass is 876 g/mol. The number of unbranched alkanes of at least 4 members (excludes halogenated alkanes) is 22. The van der Waals surface area contributed by atoms with Crippen LogP contribution in [0.1, 0.15) is 260 Å². The summed E-state index contributed by atoms with van der Waals surface area (Å²) in [6.07, 6.45) is 40.7. The largest absolute Gasteiger partial charge is 0.465 e. The smallest absolute Gasteiger partial charge is 0.306 e. The molecule has 0 fully saturated rings. The van der Waals surface area contributed by atoms with Crippen LogP contribution in [0, 0.1) is 0 Å². The average Bonchev–Trinajstić information content (AvgIpc) is 3.27. The summed E-state index contributed by atoms with van der Waals surface area (Å²) in [5, 5.41) is 6.22. The molecule has 0 saturated heterocycles. The van der Waals surface area contributed by atoms with Crippen molar-refractivity contribution in [2.45, 2.75) is 272 Å². The molecule has 1 aromatic carbocycles. The highest BCUT2D eigenvalue weighted by Crippen LogP contribution is 2.19. The number of anilines is 2. The molecule has 0 aliphatic carbocycles. The predicted octanol–water partition coefficient (Wildman–Crippen LogP) is 14.2. The first kappa shape index (κ1) is 59.6. The van der Waals surface area contributed by atoms with Crippen LogP contribution in [0.15, 0.2) is 9.59 Å². The standard InChI is InChI=1S/C42H79N3O4.C11H22O2/c1-5-9-12-15-19-24-30-37(31-25-20-16-13-10-6-2)49-38(46)32-26-21-18-23-28-35-45(34-27-22-17-14-11-7-3)36-29-33-44-40-39(43-8-4)41(47)42(40)48;1-3-5-6-7-9-11(8-4-2)13-10-12/h37,43-44H,5-36H2,1-4H3;10-11H,3-9H2,1-2H3. The first-order chi connectivity index (χ1) is 30.3. The van der Waals surface area contributed by atoms with Gasteiger partial charge in [-0.05, 0) is 97.2 Å². The van der Waals surface area contributed by atoms with Gasteiger partial charge in [-0.2, -0.15) is 0 Å². The number of ether oxygens (including phenoxy) is 2. The summed E-state index contributed by atoms with van der Waals surface area (Å²) in [6.45, 7) is 18.2. The summed E-state index contributed by atoms with van der Waals surface area (Å²) < 4.78 is 11.0. The Morgan fingerprint density at radius 1 is 0.484 bits per heavy atom. The predicted molar refractivity (Wildman–Crippen MR) is 267 cm³/mol. The summed E-state index contributed by atoms with van der Waals surface area (Å²) >= 11 is 0. The van der Waals surface area contributed by atoms with Crippen molar-refractivity contribution in [3.8, 4) is 0 Å². The van der Waals surface area contributed by atoms with E-state index in [0.29, 0.717) is 37.4 Å². The molecule has 62 heavy (non-hydrogen) atoms. The molecule has 1 atom stereocenters. The Kier molecular flexibility index (Phi) is 43.4. The van der Waals surface area contributed by atoms with Gasteiger partial charge in [0.05, 0.1) is 0 Å². The Morgan fingerprint density at radius 3 is 1.35 bits per heavy atom. The molecule has 0 spiro atoms. The third-order valence-electron chi connectivity index (χ3n) is 12.2. The molecule has 1 rings (SSSR count). The molecule has 2 N–H and O–H groups in total. The molecule has 0 aliphatic rings. The lowest BCUT2D eigenvalue weighted by molar-refractivity contribution is -0.150. The number of nitrogens with one attached hydrogen (secondary N) is 2. The van der Waals surface area contributed by atoms with Crippen LogP contribution >= 0.6 is 0 Å². The number of esters is 1. The van der Waals surface area contributed by atoms with Gasteiger partial charge in [0.15, 0.2) is 0 Å². The Labute approximate surface area is 382 Å². The Hall–Kier alpha value is -2.42. The molecule has 9 heteroatoms. The first-order valence-corrected chi connectivity index (χ1v) is 26.6. The molecule has 0 aromatic heterocycles. The zero-order valence-electron chi connectivity index (χ0n) is 41.7. The van der Waals surface area contributed by atoms with Gasteiger partial charge in [0, 0.05) is 19.5 Å². The summed E-state index contributed by atoms with van der Waals surface area (Å²) in [6, 6.07) is 0. The van der Waals surface area contributed by atoms with Gasteiger partial charge in [-0.3, -0.25) is 19.2 Å². The highest BCUT2D eigenvalue weighted by molar-refractivity contribution is 5.73. The van der Waals surface area contributed by atoms with E-state index in [-0.39, 0.29) is 18.2 Å². The number of hydrogen-bond donors (Lipinski definition) is 2. The molecule has 0 heterocycles. The van der Waals surface area contributed by atoms with Gasteiger partial charge >= 0.3 is 5.97 Å². The van der Waals surface area contributed by atoms with Crippen LogP contribution in [0.3, 0.4) is 0 Å². The third-order valence-corrected chi connectivity index (χ3v) is 12.2. The van der Waals surface area contributed by atoms with Crippen molar-refractivity contribution < 1.29 is 19.1 Å².